The molecule has 122 valence electrons. The van der Waals surface area contributed by atoms with E-state index < -0.39 is 0 Å². The zero-order valence-corrected chi connectivity index (χ0v) is 14.0. The van der Waals surface area contributed by atoms with Crippen molar-refractivity contribution in [1.29, 1.82) is 0 Å². The van der Waals surface area contributed by atoms with Crippen LogP contribution in [0.2, 0.25) is 0 Å². The lowest BCUT2D eigenvalue weighted by atomic mass is 9.86. The van der Waals surface area contributed by atoms with Gasteiger partial charge in [0.15, 0.2) is 0 Å². The van der Waals surface area contributed by atoms with Gasteiger partial charge in [-0.15, -0.1) is 12.4 Å². The van der Waals surface area contributed by atoms with Crippen molar-refractivity contribution in [3.8, 4) is 0 Å². The molecule has 2 heterocycles. The molecule has 3 fully saturated rings. The standard InChI is InChI=1S/C16H29N3O.ClH/c1-13(15(20)18-14-5-3-2-4-6-14)19-10-8-16(12-19)7-9-17-11-16;/h13-14,17H,2-12H2,1H3,(H,18,20);1H. The predicted molar refractivity (Wildman–Crippen MR) is 87.8 cm³/mol. The molecule has 2 atom stereocenters. The summed E-state index contributed by atoms with van der Waals surface area (Å²) in [6.07, 6.45) is 8.76. The third-order valence-corrected chi connectivity index (χ3v) is 5.68. The van der Waals surface area contributed by atoms with E-state index in [1.807, 2.05) is 0 Å². The minimum absolute atomic E-state index is 0. The van der Waals surface area contributed by atoms with Crippen LogP contribution in [0.1, 0.15) is 51.9 Å². The van der Waals surface area contributed by atoms with Gasteiger partial charge in [-0.05, 0) is 51.1 Å². The van der Waals surface area contributed by atoms with E-state index in [0.717, 1.165) is 26.2 Å². The Morgan fingerprint density at radius 2 is 2.05 bits per heavy atom. The van der Waals surface area contributed by atoms with Crippen LogP contribution >= 0.6 is 12.4 Å². The molecule has 0 aromatic rings. The average Bonchev–Trinajstić information content (AvgIpc) is 3.10. The predicted octanol–water partition coefficient (Wildman–Crippen LogP) is 1.93. The molecule has 0 radical (unpaired) electrons. The summed E-state index contributed by atoms with van der Waals surface area (Å²) < 4.78 is 0. The molecular weight excluding hydrogens is 286 g/mol. The third-order valence-electron chi connectivity index (χ3n) is 5.68. The molecule has 1 amide bonds. The summed E-state index contributed by atoms with van der Waals surface area (Å²) in [7, 11) is 0. The van der Waals surface area contributed by atoms with Crippen LogP contribution in [0.15, 0.2) is 0 Å². The number of nitrogens with zero attached hydrogens (tertiary/aromatic N) is 1. The van der Waals surface area contributed by atoms with Crippen molar-refractivity contribution in [3.63, 3.8) is 0 Å². The number of carbonyl (C=O) groups is 1. The second kappa shape index (κ2) is 7.30. The topological polar surface area (TPSA) is 44.4 Å². The van der Waals surface area contributed by atoms with Gasteiger partial charge >= 0.3 is 0 Å². The first-order valence-electron chi connectivity index (χ1n) is 8.44. The molecule has 0 bridgehead atoms. The fourth-order valence-corrected chi connectivity index (χ4v) is 4.18. The molecule has 1 aliphatic carbocycles. The normalized spacial score (nSPS) is 32.0. The van der Waals surface area contributed by atoms with Crippen molar-refractivity contribution in [2.24, 2.45) is 5.41 Å². The number of likely N-dealkylation sites (tertiary alicyclic amines) is 1. The zero-order chi connectivity index (χ0) is 14.0. The Hall–Kier alpha value is -0.320. The lowest BCUT2D eigenvalue weighted by Gasteiger charge is -2.29. The van der Waals surface area contributed by atoms with Gasteiger partial charge in [-0.2, -0.15) is 0 Å². The molecule has 2 N–H and O–H groups in total. The van der Waals surface area contributed by atoms with Crippen molar-refractivity contribution < 1.29 is 4.79 Å². The number of nitrogens with one attached hydrogen (secondary N) is 2. The first kappa shape index (κ1) is 17.0. The minimum atomic E-state index is 0. The number of amides is 1. The molecule has 1 spiro atoms. The summed E-state index contributed by atoms with van der Waals surface area (Å²) >= 11 is 0. The Morgan fingerprint density at radius 3 is 2.71 bits per heavy atom. The SMILES string of the molecule is CC(C(=O)NC1CCCCC1)N1CCC2(CCNC2)C1.Cl. The summed E-state index contributed by atoms with van der Waals surface area (Å²) in [6, 6.07) is 0.473. The molecule has 5 heteroatoms. The maximum atomic E-state index is 12.4. The highest BCUT2D eigenvalue weighted by Crippen LogP contribution is 2.36. The molecule has 21 heavy (non-hydrogen) atoms. The summed E-state index contributed by atoms with van der Waals surface area (Å²) in [6.45, 7) is 6.55. The maximum Gasteiger partial charge on any atom is 0.237 e. The van der Waals surface area contributed by atoms with Gasteiger partial charge in [0.1, 0.15) is 0 Å². The van der Waals surface area contributed by atoms with Crippen LogP contribution in [0.5, 0.6) is 0 Å². The van der Waals surface area contributed by atoms with Gasteiger partial charge in [0.05, 0.1) is 6.04 Å². The van der Waals surface area contributed by atoms with Gasteiger partial charge in [-0.25, -0.2) is 0 Å². The highest BCUT2D eigenvalue weighted by atomic mass is 35.5. The van der Waals surface area contributed by atoms with Crippen LogP contribution in [0.3, 0.4) is 0 Å². The van der Waals surface area contributed by atoms with Crippen LogP contribution in [0.4, 0.5) is 0 Å². The number of hydrogen-bond acceptors (Lipinski definition) is 3. The lowest BCUT2D eigenvalue weighted by Crippen LogP contribution is -2.48. The van der Waals surface area contributed by atoms with E-state index in [-0.39, 0.29) is 24.4 Å². The highest BCUT2D eigenvalue weighted by Gasteiger charge is 2.42. The van der Waals surface area contributed by atoms with Gasteiger partial charge in [0.25, 0.3) is 0 Å². The average molecular weight is 316 g/mol. The lowest BCUT2D eigenvalue weighted by molar-refractivity contribution is -0.126. The van der Waals surface area contributed by atoms with E-state index in [4.69, 9.17) is 0 Å². The molecule has 2 saturated heterocycles. The van der Waals surface area contributed by atoms with Gasteiger partial charge < -0.3 is 10.6 Å². The highest BCUT2D eigenvalue weighted by molar-refractivity contribution is 5.85. The summed E-state index contributed by atoms with van der Waals surface area (Å²) in [5.74, 6) is 0.250. The van der Waals surface area contributed by atoms with Crippen molar-refractivity contribution in [2.45, 2.75) is 64.0 Å². The Kier molecular flexibility index (Phi) is 5.92. The summed E-state index contributed by atoms with van der Waals surface area (Å²) in [5.41, 5.74) is 0.458. The monoisotopic (exact) mass is 315 g/mol. The fourth-order valence-electron chi connectivity index (χ4n) is 4.18. The van der Waals surface area contributed by atoms with E-state index in [1.165, 1.54) is 44.9 Å². The second-order valence-electron chi connectivity index (χ2n) is 7.17. The molecular formula is C16H30ClN3O. The zero-order valence-electron chi connectivity index (χ0n) is 13.2. The van der Waals surface area contributed by atoms with Crippen molar-refractivity contribution in [3.05, 3.63) is 0 Å². The molecule has 0 aromatic carbocycles. The van der Waals surface area contributed by atoms with Crippen molar-refractivity contribution in [1.82, 2.24) is 15.5 Å². The Labute approximate surface area is 134 Å². The Bertz CT molecular complexity index is 351. The minimum Gasteiger partial charge on any atom is -0.352 e. The van der Waals surface area contributed by atoms with Gasteiger partial charge in [-0.3, -0.25) is 9.69 Å². The van der Waals surface area contributed by atoms with Crippen LogP contribution in [-0.2, 0) is 4.79 Å². The maximum absolute atomic E-state index is 12.4. The van der Waals surface area contributed by atoms with Gasteiger partial charge in [0, 0.05) is 19.1 Å². The van der Waals surface area contributed by atoms with E-state index in [2.05, 4.69) is 22.5 Å². The fraction of sp³-hybridized carbons (Fsp3) is 0.938. The van der Waals surface area contributed by atoms with E-state index in [0.29, 0.717) is 11.5 Å². The molecule has 2 unspecified atom stereocenters. The van der Waals surface area contributed by atoms with E-state index in [1.54, 1.807) is 0 Å². The third kappa shape index (κ3) is 3.91. The Morgan fingerprint density at radius 1 is 1.29 bits per heavy atom. The van der Waals surface area contributed by atoms with Crippen molar-refractivity contribution >= 4 is 18.3 Å². The first-order valence-corrected chi connectivity index (χ1v) is 8.44. The van der Waals surface area contributed by atoms with Crippen molar-refractivity contribution in [2.75, 3.05) is 26.2 Å². The quantitative estimate of drug-likeness (QED) is 0.836. The van der Waals surface area contributed by atoms with Gasteiger partial charge in [0.2, 0.25) is 5.91 Å². The van der Waals surface area contributed by atoms with Crippen LogP contribution in [-0.4, -0.2) is 49.1 Å². The molecule has 3 rings (SSSR count). The van der Waals surface area contributed by atoms with Gasteiger partial charge in [-0.1, -0.05) is 19.3 Å². The number of halogens is 1. The molecule has 2 aliphatic heterocycles. The number of rotatable bonds is 3. The molecule has 0 aromatic heterocycles. The number of hydrogen-bond donors (Lipinski definition) is 2. The second-order valence-corrected chi connectivity index (χ2v) is 7.17. The molecule has 3 aliphatic rings. The first-order chi connectivity index (χ1) is 9.69. The molecule has 4 nitrogen and oxygen atoms in total. The van der Waals surface area contributed by atoms with E-state index in [9.17, 15) is 4.79 Å². The summed E-state index contributed by atoms with van der Waals surface area (Å²) in [4.78, 5) is 14.8. The summed E-state index contributed by atoms with van der Waals surface area (Å²) in [5, 5.41) is 6.76. The van der Waals surface area contributed by atoms with E-state index >= 15 is 0 Å². The largest absolute Gasteiger partial charge is 0.352 e. The van der Waals surface area contributed by atoms with Crippen LogP contribution in [0.25, 0.3) is 0 Å². The van der Waals surface area contributed by atoms with Crippen LogP contribution < -0.4 is 10.6 Å². The Balaban J connectivity index is 0.00000161. The number of carbonyl (C=O) groups excluding carboxylic acids is 1. The smallest absolute Gasteiger partial charge is 0.237 e. The molecule has 1 saturated carbocycles. The van der Waals surface area contributed by atoms with Crippen LogP contribution in [0, 0.1) is 5.41 Å².